The van der Waals surface area contributed by atoms with Gasteiger partial charge in [0.2, 0.25) is 0 Å². The molecule has 0 atom stereocenters. The fourth-order valence-electron chi connectivity index (χ4n) is 1.61. The number of nitrogens with zero attached hydrogens (tertiary/aromatic N) is 1. The predicted molar refractivity (Wildman–Crippen MR) is 49.0 cm³/mol. The van der Waals surface area contributed by atoms with Gasteiger partial charge in [-0.3, -0.25) is 4.98 Å². The van der Waals surface area contributed by atoms with Crippen molar-refractivity contribution in [1.82, 2.24) is 4.98 Å². The lowest BCUT2D eigenvalue weighted by Gasteiger charge is -2.16. The minimum absolute atomic E-state index is 0.213. The SMILES string of the molecule is CC1(C)OCc2cc(C(=O)O)cnc21. The van der Waals surface area contributed by atoms with Gasteiger partial charge in [-0.15, -0.1) is 0 Å². The van der Waals surface area contributed by atoms with E-state index < -0.39 is 11.6 Å². The van der Waals surface area contributed by atoms with E-state index >= 15 is 0 Å². The van der Waals surface area contributed by atoms with E-state index in [1.54, 1.807) is 6.07 Å². The molecule has 2 rings (SSSR count). The first-order valence-electron chi connectivity index (χ1n) is 4.37. The van der Waals surface area contributed by atoms with Crippen molar-refractivity contribution in [2.24, 2.45) is 0 Å². The molecule has 0 fully saturated rings. The molecule has 0 spiro atoms. The second-order valence-electron chi connectivity index (χ2n) is 3.84. The van der Waals surface area contributed by atoms with E-state index in [-0.39, 0.29) is 5.56 Å². The van der Waals surface area contributed by atoms with E-state index in [9.17, 15) is 4.79 Å². The first-order chi connectivity index (χ1) is 6.50. The molecule has 0 saturated carbocycles. The van der Waals surface area contributed by atoms with Crippen molar-refractivity contribution in [3.63, 3.8) is 0 Å². The van der Waals surface area contributed by atoms with Crippen LogP contribution >= 0.6 is 0 Å². The number of aromatic nitrogens is 1. The molecule has 1 aromatic rings. The number of carboxylic acids is 1. The number of pyridine rings is 1. The number of fused-ring (bicyclic) bond motifs is 1. The maximum absolute atomic E-state index is 10.7. The molecular formula is C10H11NO3. The zero-order valence-corrected chi connectivity index (χ0v) is 8.07. The van der Waals surface area contributed by atoms with Gasteiger partial charge in [0.15, 0.2) is 0 Å². The molecule has 0 aliphatic carbocycles. The molecule has 1 aromatic heterocycles. The van der Waals surface area contributed by atoms with Crippen molar-refractivity contribution in [2.75, 3.05) is 0 Å². The van der Waals surface area contributed by atoms with E-state index in [0.717, 1.165) is 11.3 Å². The summed E-state index contributed by atoms with van der Waals surface area (Å²) >= 11 is 0. The van der Waals surface area contributed by atoms with Crippen LogP contribution in [0.3, 0.4) is 0 Å². The molecule has 1 N–H and O–H groups in total. The highest BCUT2D eigenvalue weighted by molar-refractivity contribution is 5.87. The Morgan fingerprint density at radius 2 is 2.36 bits per heavy atom. The lowest BCUT2D eigenvalue weighted by atomic mass is 10.0. The van der Waals surface area contributed by atoms with Crippen LogP contribution < -0.4 is 0 Å². The topological polar surface area (TPSA) is 59.4 Å². The summed E-state index contributed by atoms with van der Waals surface area (Å²) in [5, 5.41) is 8.77. The lowest BCUT2D eigenvalue weighted by molar-refractivity contribution is -0.0101. The van der Waals surface area contributed by atoms with Crippen LogP contribution in [0.25, 0.3) is 0 Å². The van der Waals surface area contributed by atoms with Gasteiger partial charge in [0.25, 0.3) is 0 Å². The molecule has 0 radical (unpaired) electrons. The van der Waals surface area contributed by atoms with Crippen molar-refractivity contribution in [3.05, 3.63) is 29.1 Å². The van der Waals surface area contributed by atoms with E-state index in [1.807, 2.05) is 13.8 Å². The molecule has 14 heavy (non-hydrogen) atoms. The summed E-state index contributed by atoms with van der Waals surface area (Å²) in [5.74, 6) is -0.954. The van der Waals surface area contributed by atoms with Crippen LogP contribution in [0.5, 0.6) is 0 Å². The molecular weight excluding hydrogens is 182 g/mol. The fourth-order valence-corrected chi connectivity index (χ4v) is 1.61. The molecule has 1 aliphatic heterocycles. The van der Waals surface area contributed by atoms with Gasteiger partial charge in [-0.1, -0.05) is 0 Å². The van der Waals surface area contributed by atoms with E-state index in [0.29, 0.717) is 6.61 Å². The molecule has 2 heterocycles. The van der Waals surface area contributed by atoms with Crippen LogP contribution in [-0.2, 0) is 16.9 Å². The third-order valence-corrected chi connectivity index (χ3v) is 2.37. The van der Waals surface area contributed by atoms with Gasteiger partial charge in [-0.2, -0.15) is 0 Å². The predicted octanol–water partition coefficient (Wildman–Crippen LogP) is 1.55. The standard InChI is InChI=1S/C10H11NO3/c1-10(2)8-7(5-14-10)3-6(4-11-8)9(12)13/h3-4H,5H2,1-2H3,(H,12,13). The van der Waals surface area contributed by atoms with Crippen molar-refractivity contribution in [2.45, 2.75) is 26.1 Å². The van der Waals surface area contributed by atoms with Crippen LogP contribution in [0, 0.1) is 0 Å². The Morgan fingerprint density at radius 1 is 1.64 bits per heavy atom. The van der Waals surface area contributed by atoms with Crippen molar-refractivity contribution >= 4 is 5.97 Å². The maximum atomic E-state index is 10.7. The number of rotatable bonds is 1. The van der Waals surface area contributed by atoms with Gasteiger partial charge < -0.3 is 9.84 Å². The second-order valence-corrected chi connectivity index (χ2v) is 3.84. The highest BCUT2D eigenvalue weighted by atomic mass is 16.5. The Kier molecular flexibility index (Phi) is 1.82. The van der Waals surface area contributed by atoms with Crippen LogP contribution in [0.1, 0.15) is 35.5 Å². The monoisotopic (exact) mass is 193 g/mol. The quantitative estimate of drug-likeness (QED) is 0.735. The van der Waals surface area contributed by atoms with Gasteiger partial charge in [-0.25, -0.2) is 4.79 Å². The third-order valence-electron chi connectivity index (χ3n) is 2.37. The molecule has 0 bridgehead atoms. The zero-order valence-electron chi connectivity index (χ0n) is 8.07. The Hall–Kier alpha value is -1.42. The number of carboxylic acid groups (broad SMARTS) is 1. The number of hydrogen-bond donors (Lipinski definition) is 1. The Bertz CT molecular complexity index is 398. The zero-order chi connectivity index (χ0) is 10.3. The summed E-state index contributed by atoms with van der Waals surface area (Å²) in [4.78, 5) is 14.8. The minimum Gasteiger partial charge on any atom is -0.478 e. The van der Waals surface area contributed by atoms with Crippen molar-refractivity contribution < 1.29 is 14.6 Å². The molecule has 1 aliphatic rings. The average molecular weight is 193 g/mol. The number of carbonyl (C=O) groups is 1. The summed E-state index contributed by atoms with van der Waals surface area (Å²) in [5.41, 5.74) is 1.52. The van der Waals surface area contributed by atoms with Crippen molar-refractivity contribution in [3.8, 4) is 0 Å². The molecule has 0 aromatic carbocycles. The van der Waals surface area contributed by atoms with Crippen LogP contribution in [0.4, 0.5) is 0 Å². The van der Waals surface area contributed by atoms with Crippen molar-refractivity contribution in [1.29, 1.82) is 0 Å². The number of ether oxygens (including phenoxy) is 1. The van der Waals surface area contributed by atoms with Gasteiger partial charge >= 0.3 is 5.97 Å². The largest absolute Gasteiger partial charge is 0.478 e. The number of hydrogen-bond acceptors (Lipinski definition) is 3. The first kappa shape index (κ1) is 9.15. The van der Waals surface area contributed by atoms with Crippen LogP contribution in [-0.4, -0.2) is 16.1 Å². The second kappa shape index (κ2) is 2.78. The first-order valence-corrected chi connectivity index (χ1v) is 4.37. The highest BCUT2D eigenvalue weighted by Crippen LogP contribution is 2.34. The Labute approximate surface area is 81.5 Å². The Morgan fingerprint density at radius 3 is 3.00 bits per heavy atom. The van der Waals surface area contributed by atoms with Gasteiger partial charge in [0, 0.05) is 11.8 Å². The van der Waals surface area contributed by atoms with Gasteiger partial charge in [0.05, 0.1) is 17.9 Å². The molecule has 0 saturated heterocycles. The number of aromatic carboxylic acids is 1. The van der Waals surface area contributed by atoms with E-state index in [4.69, 9.17) is 9.84 Å². The molecule has 4 heteroatoms. The smallest absolute Gasteiger partial charge is 0.337 e. The fraction of sp³-hybridized carbons (Fsp3) is 0.400. The summed E-state index contributed by atoms with van der Waals surface area (Å²) in [6, 6.07) is 1.62. The van der Waals surface area contributed by atoms with Crippen LogP contribution in [0.15, 0.2) is 12.3 Å². The molecule has 0 unspecified atom stereocenters. The highest BCUT2D eigenvalue weighted by Gasteiger charge is 2.32. The lowest BCUT2D eigenvalue weighted by Crippen LogP contribution is -2.16. The summed E-state index contributed by atoms with van der Waals surface area (Å²) in [6.07, 6.45) is 1.37. The van der Waals surface area contributed by atoms with Gasteiger partial charge in [-0.05, 0) is 19.9 Å². The normalized spacial score (nSPS) is 17.9. The summed E-state index contributed by atoms with van der Waals surface area (Å²) in [7, 11) is 0. The van der Waals surface area contributed by atoms with Crippen LogP contribution in [0.2, 0.25) is 0 Å². The maximum Gasteiger partial charge on any atom is 0.337 e. The Balaban J connectivity index is 2.49. The summed E-state index contributed by atoms with van der Waals surface area (Å²) in [6.45, 7) is 4.29. The molecule has 74 valence electrons. The molecule has 4 nitrogen and oxygen atoms in total. The average Bonchev–Trinajstić information content (AvgIpc) is 2.42. The summed E-state index contributed by atoms with van der Waals surface area (Å²) < 4.78 is 5.49. The van der Waals surface area contributed by atoms with E-state index in [2.05, 4.69) is 4.98 Å². The van der Waals surface area contributed by atoms with E-state index in [1.165, 1.54) is 6.20 Å². The molecule has 0 amide bonds. The minimum atomic E-state index is -0.954. The third kappa shape index (κ3) is 1.28. The van der Waals surface area contributed by atoms with Gasteiger partial charge in [0.1, 0.15) is 5.60 Å².